The largest absolute Gasteiger partial charge is 0.466 e. The van der Waals surface area contributed by atoms with E-state index in [9.17, 15) is 4.79 Å². The number of hydrogen-bond acceptors (Lipinski definition) is 4. The lowest BCUT2D eigenvalue weighted by atomic mass is 10.2. The van der Waals surface area contributed by atoms with Gasteiger partial charge < -0.3 is 9.84 Å². The topological polar surface area (TPSA) is 59.4 Å². The number of hydrogen-bond donors (Lipinski definition) is 1. The molecule has 0 aliphatic heterocycles. The second kappa shape index (κ2) is 6.74. The number of aliphatic hydroxyl groups excluding tert-OH is 1. The third-order valence-corrected chi connectivity index (χ3v) is 1.87. The molecule has 4 nitrogen and oxygen atoms in total. The summed E-state index contributed by atoms with van der Waals surface area (Å²) in [5, 5.41) is 8.88. The molecule has 0 aliphatic carbocycles. The van der Waals surface area contributed by atoms with Crippen molar-refractivity contribution in [2.24, 2.45) is 0 Å². The molecule has 0 atom stereocenters. The number of rotatable bonds is 5. The molecule has 0 amide bonds. The molecular weight excluding hydrogens is 206 g/mol. The maximum atomic E-state index is 11.0. The van der Waals surface area contributed by atoms with E-state index in [4.69, 9.17) is 9.84 Å². The molecule has 0 spiro atoms. The van der Waals surface area contributed by atoms with Gasteiger partial charge in [0.25, 0.3) is 0 Å². The first-order chi connectivity index (χ1) is 7.76. The summed E-state index contributed by atoms with van der Waals surface area (Å²) in [6.45, 7) is 2.08. The fourth-order valence-electron chi connectivity index (χ4n) is 1.17. The van der Waals surface area contributed by atoms with E-state index in [0.717, 1.165) is 5.69 Å². The molecular formula is C12H15NO3. The lowest BCUT2D eigenvalue weighted by Crippen LogP contribution is -2.01. The number of aromatic nitrogens is 1. The van der Waals surface area contributed by atoms with Crippen LogP contribution in [0.1, 0.15) is 24.7 Å². The number of esters is 1. The molecule has 0 radical (unpaired) electrons. The number of carbonyl (C=O) groups is 1. The SMILES string of the molecule is CCOC(=O)CC=Cc1cccc(CO)n1. The van der Waals surface area contributed by atoms with E-state index in [2.05, 4.69) is 4.98 Å². The van der Waals surface area contributed by atoms with Crippen LogP contribution in [0.3, 0.4) is 0 Å². The van der Waals surface area contributed by atoms with Gasteiger partial charge in [-0.1, -0.05) is 12.1 Å². The van der Waals surface area contributed by atoms with Crippen molar-refractivity contribution in [1.82, 2.24) is 4.98 Å². The van der Waals surface area contributed by atoms with E-state index in [0.29, 0.717) is 12.3 Å². The highest BCUT2D eigenvalue weighted by atomic mass is 16.5. The van der Waals surface area contributed by atoms with E-state index < -0.39 is 0 Å². The average Bonchev–Trinajstić information content (AvgIpc) is 2.30. The van der Waals surface area contributed by atoms with Gasteiger partial charge in [0.05, 0.1) is 31.0 Å². The summed E-state index contributed by atoms with van der Waals surface area (Å²) in [6, 6.07) is 5.35. The molecule has 1 rings (SSSR count). The van der Waals surface area contributed by atoms with Gasteiger partial charge >= 0.3 is 5.97 Å². The Morgan fingerprint density at radius 3 is 3.06 bits per heavy atom. The van der Waals surface area contributed by atoms with Gasteiger partial charge in [0.15, 0.2) is 0 Å². The van der Waals surface area contributed by atoms with Gasteiger partial charge in [-0.2, -0.15) is 0 Å². The summed E-state index contributed by atoms with van der Waals surface area (Å²) >= 11 is 0. The minimum atomic E-state index is -0.253. The number of ether oxygens (including phenoxy) is 1. The Balaban J connectivity index is 2.52. The minimum absolute atomic E-state index is 0.0838. The zero-order valence-electron chi connectivity index (χ0n) is 9.22. The van der Waals surface area contributed by atoms with Crippen molar-refractivity contribution in [3.63, 3.8) is 0 Å². The first-order valence-electron chi connectivity index (χ1n) is 5.15. The first-order valence-corrected chi connectivity index (χ1v) is 5.15. The third-order valence-electron chi connectivity index (χ3n) is 1.87. The molecule has 1 aromatic rings. The van der Waals surface area contributed by atoms with Crippen molar-refractivity contribution in [1.29, 1.82) is 0 Å². The fraction of sp³-hybridized carbons (Fsp3) is 0.333. The lowest BCUT2D eigenvalue weighted by molar-refractivity contribution is -0.142. The molecule has 0 saturated carbocycles. The van der Waals surface area contributed by atoms with E-state index in [1.165, 1.54) is 0 Å². The van der Waals surface area contributed by atoms with E-state index >= 15 is 0 Å². The molecule has 86 valence electrons. The fourth-order valence-corrected chi connectivity index (χ4v) is 1.17. The number of carbonyl (C=O) groups excluding carboxylic acids is 1. The van der Waals surface area contributed by atoms with Crippen LogP contribution in [0.25, 0.3) is 6.08 Å². The van der Waals surface area contributed by atoms with Crippen LogP contribution >= 0.6 is 0 Å². The van der Waals surface area contributed by atoms with Crippen molar-refractivity contribution in [2.45, 2.75) is 20.0 Å². The summed E-state index contributed by atoms with van der Waals surface area (Å²) < 4.78 is 4.77. The van der Waals surface area contributed by atoms with Gasteiger partial charge in [-0.25, -0.2) is 0 Å². The summed E-state index contributed by atoms with van der Waals surface area (Å²) in [4.78, 5) is 15.2. The maximum absolute atomic E-state index is 11.0. The average molecular weight is 221 g/mol. The molecule has 1 aromatic heterocycles. The van der Waals surface area contributed by atoms with Gasteiger partial charge in [-0.15, -0.1) is 0 Å². The summed E-state index contributed by atoms with van der Waals surface area (Å²) in [5.74, 6) is -0.253. The molecule has 0 aliphatic rings. The molecule has 0 fully saturated rings. The molecule has 0 unspecified atom stereocenters. The van der Waals surface area contributed by atoms with E-state index in [-0.39, 0.29) is 19.0 Å². The van der Waals surface area contributed by atoms with Crippen LogP contribution < -0.4 is 0 Å². The highest BCUT2D eigenvalue weighted by Gasteiger charge is 1.97. The Hall–Kier alpha value is -1.68. The van der Waals surface area contributed by atoms with Gasteiger partial charge in [-0.3, -0.25) is 9.78 Å². The van der Waals surface area contributed by atoms with Gasteiger partial charge in [0, 0.05) is 0 Å². The zero-order valence-corrected chi connectivity index (χ0v) is 9.22. The van der Waals surface area contributed by atoms with Crippen LogP contribution in [0.4, 0.5) is 0 Å². The standard InChI is InChI=1S/C12H15NO3/c1-2-16-12(15)8-4-6-10-5-3-7-11(9-14)13-10/h3-7,14H,2,8-9H2,1H3. The Bertz CT molecular complexity index is 374. The Morgan fingerprint density at radius 1 is 1.56 bits per heavy atom. The predicted octanol–water partition coefficient (Wildman–Crippen LogP) is 1.54. The van der Waals surface area contributed by atoms with Crippen LogP contribution in [0.2, 0.25) is 0 Å². The summed E-state index contributed by atoms with van der Waals surface area (Å²) in [6.07, 6.45) is 3.66. The quantitative estimate of drug-likeness (QED) is 0.766. The van der Waals surface area contributed by atoms with E-state index in [1.54, 1.807) is 31.2 Å². The second-order valence-electron chi connectivity index (χ2n) is 3.12. The summed E-state index contributed by atoms with van der Waals surface area (Å²) in [5.41, 5.74) is 1.33. The molecule has 16 heavy (non-hydrogen) atoms. The van der Waals surface area contributed by atoms with Gasteiger partial charge in [0.1, 0.15) is 0 Å². The number of pyridine rings is 1. The van der Waals surface area contributed by atoms with Crippen molar-refractivity contribution in [2.75, 3.05) is 6.61 Å². The zero-order chi connectivity index (χ0) is 11.8. The molecule has 1 N–H and O–H groups in total. The monoisotopic (exact) mass is 221 g/mol. The number of aliphatic hydroxyl groups is 1. The van der Waals surface area contributed by atoms with Gasteiger partial charge in [-0.05, 0) is 25.1 Å². The maximum Gasteiger partial charge on any atom is 0.309 e. The van der Waals surface area contributed by atoms with E-state index in [1.807, 2.05) is 6.07 Å². The van der Waals surface area contributed by atoms with Gasteiger partial charge in [0.2, 0.25) is 0 Å². The Morgan fingerprint density at radius 2 is 2.38 bits per heavy atom. The smallest absolute Gasteiger partial charge is 0.309 e. The highest BCUT2D eigenvalue weighted by Crippen LogP contribution is 2.02. The van der Waals surface area contributed by atoms with Crippen molar-refractivity contribution in [3.05, 3.63) is 35.7 Å². The molecule has 0 aromatic carbocycles. The Kier molecular flexibility index (Phi) is 5.22. The van der Waals surface area contributed by atoms with Crippen LogP contribution in [-0.4, -0.2) is 22.7 Å². The molecule has 0 bridgehead atoms. The minimum Gasteiger partial charge on any atom is -0.466 e. The van der Waals surface area contributed by atoms with Crippen LogP contribution in [0.5, 0.6) is 0 Å². The van der Waals surface area contributed by atoms with Crippen LogP contribution in [-0.2, 0) is 16.1 Å². The first kappa shape index (κ1) is 12.4. The molecule has 4 heteroatoms. The van der Waals surface area contributed by atoms with Crippen LogP contribution in [0.15, 0.2) is 24.3 Å². The molecule has 1 heterocycles. The van der Waals surface area contributed by atoms with Crippen molar-refractivity contribution >= 4 is 12.0 Å². The van der Waals surface area contributed by atoms with Crippen molar-refractivity contribution in [3.8, 4) is 0 Å². The molecule has 0 saturated heterocycles. The van der Waals surface area contributed by atoms with Crippen molar-refractivity contribution < 1.29 is 14.6 Å². The Labute approximate surface area is 94.6 Å². The highest BCUT2D eigenvalue weighted by molar-refractivity contribution is 5.72. The number of nitrogens with zero attached hydrogens (tertiary/aromatic N) is 1. The lowest BCUT2D eigenvalue weighted by Gasteiger charge is -1.98. The normalized spacial score (nSPS) is 10.6. The van der Waals surface area contributed by atoms with Crippen LogP contribution in [0, 0.1) is 0 Å². The third kappa shape index (κ3) is 4.23. The summed E-state index contributed by atoms with van der Waals surface area (Å²) in [7, 11) is 0. The predicted molar refractivity (Wildman–Crippen MR) is 60.4 cm³/mol. The second-order valence-corrected chi connectivity index (χ2v) is 3.12.